The Labute approximate surface area is 122 Å². The van der Waals surface area contributed by atoms with Gasteiger partial charge in [0, 0.05) is 0 Å². The molecule has 20 heavy (non-hydrogen) atoms. The fourth-order valence-electron chi connectivity index (χ4n) is 2.47. The molecule has 0 saturated carbocycles. The van der Waals surface area contributed by atoms with Crippen LogP contribution in [0, 0.1) is 0 Å². The van der Waals surface area contributed by atoms with E-state index in [-0.39, 0.29) is 17.7 Å². The van der Waals surface area contributed by atoms with Gasteiger partial charge >= 0.3 is 0 Å². The molecular weight excluding hydrogens is 276 g/mol. The summed E-state index contributed by atoms with van der Waals surface area (Å²) in [5.74, 6) is -0.716. The topological polar surface area (TPSA) is 57.2 Å². The van der Waals surface area contributed by atoms with E-state index in [1.165, 1.54) is 0 Å². The van der Waals surface area contributed by atoms with Crippen molar-refractivity contribution in [3.63, 3.8) is 0 Å². The Bertz CT molecular complexity index is 376. The summed E-state index contributed by atoms with van der Waals surface area (Å²) in [4.78, 5) is 0. The zero-order valence-corrected chi connectivity index (χ0v) is 14.6. The maximum Gasteiger partial charge on any atom is 0.195 e. The van der Waals surface area contributed by atoms with Gasteiger partial charge in [-0.05, 0) is 32.0 Å². The highest BCUT2D eigenvalue weighted by atomic mass is 28.4. The van der Waals surface area contributed by atoms with Crippen molar-refractivity contribution in [2.75, 3.05) is 13.2 Å². The number of aliphatic hydroxyl groups is 1. The van der Waals surface area contributed by atoms with Crippen LogP contribution in [0.3, 0.4) is 0 Å². The van der Waals surface area contributed by atoms with Crippen molar-refractivity contribution >= 4 is 8.32 Å². The zero-order chi connectivity index (χ0) is 15.4. The summed E-state index contributed by atoms with van der Waals surface area (Å²) in [6.07, 6.45) is -0.850. The lowest BCUT2D eigenvalue weighted by molar-refractivity contribution is -0.239. The number of aliphatic hydroxyl groups excluding tert-OH is 1. The molecule has 0 spiro atoms. The highest BCUT2D eigenvalue weighted by molar-refractivity contribution is 6.74. The molecule has 0 amide bonds. The maximum absolute atomic E-state index is 9.88. The van der Waals surface area contributed by atoms with Gasteiger partial charge in [0.25, 0.3) is 0 Å². The zero-order valence-electron chi connectivity index (χ0n) is 13.6. The quantitative estimate of drug-likeness (QED) is 0.810. The summed E-state index contributed by atoms with van der Waals surface area (Å²) in [5.41, 5.74) is -0.904. The van der Waals surface area contributed by atoms with Crippen molar-refractivity contribution in [3.05, 3.63) is 0 Å². The van der Waals surface area contributed by atoms with E-state index in [1.54, 1.807) is 0 Å². The first-order chi connectivity index (χ1) is 8.94. The molecule has 2 heterocycles. The second-order valence-corrected chi connectivity index (χ2v) is 12.5. The molecule has 0 radical (unpaired) electrons. The Morgan fingerprint density at radius 3 is 2.40 bits per heavy atom. The van der Waals surface area contributed by atoms with E-state index in [4.69, 9.17) is 18.6 Å². The average Bonchev–Trinajstić information content (AvgIpc) is 2.69. The number of hydrogen-bond acceptors (Lipinski definition) is 5. The first-order valence-electron chi connectivity index (χ1n) is 7.22. The van der Waals surface area contributed by atoms with Crippen LogP contribution in [0.4, 0.5) is 0 Å². The van der Waals surface area contributed by atoms with Crippen LogP contribution < -0.4 is 0 Å². The summed E-state index contributed by atoms with van der Waals surface area (Å²) < 4.78 is 23.9. The molecule has 0 bridgehead atoms. The van der Waals surface area contributed by atoms with E-state index < -0.39 is 26.0 Å². The fraction of sp³-hybridized carbons (Fsp3) is 1.00. The molecule has 2 aliphatic heterocycles. The molecule has 0 aromatic rings. The van der Waals surface area contributed by atoms with Gasteiger partial charge in [-0.15, -0.1) is 0 Å². The minimum Gasteiger partial charge on any atom is -0.393 e. The van der Waals surface area contributed by atoms with Crippen LogP contribution in [0.1, 0.15) is 34.6 Å². The predicted molar refractivity (Wildman–Crippen MR) is 77.9 cm³/mol. The lowest BCUT2D eigenvalue weighted by atomic mass is 10.0. The predicted octanol–water partition coefficient (Wildman–Crippen LogP) is 2.25. The van der Waals surface area contributed by atoms with E-state index in [0.717, 1.165) is 0 Å². The van der Waals surface area contributed by atoms with Gasteiger partial charge in [-0.1, -0.05) is 20.8 Å². The van der Waals surface area contributed by atoms with Crippen LogP contribution in [0.5, 0.6) is 0 Å². The monoisotopic (exact) mass is 304 g/mol. The molecule has 2 fully saturated rings. The van der Waals surface area contributed by atoms with E-state index in [0.29, 0.717) is 6.61 Å². The van der Waals surface area contributed by atoms with E-state index >= 15 is 0 Å². The first-order valence-corrected chi connectivity index (χ1v) is 10.1. The fourth-order valence-corrected chi connectivity index (χ4v) is 3.62. The van der Waals surface area contributed by atoms with E-state index in [2.05, 4.69) is 33.9 Å². The Morgan fingerprint density at radius 2 is 1.90 bits per heavy atom. The van der Waals surface area contributed by atoms with Crippen LogP contribution >= 0.6 is 0 Å². The molecule has 0 aromatic heterocycles. The Hall–Kier alpha value is 0.0169. The lowest BCUT2D eigenvalue weighted by Crippen LogP contribution is -2.55. The van der Waals surface area contributed by atoms with Crippen LogP contribution in [0.2, 0.25) is 18.1 Å². The van der Waals surface area contributed by atoms with Gasteiger partial charge in [-0.25, -0.2) is 0 Å². The molecule has 5 nitrogen and oxygen atoms in total. The summed E-state index contributed by atoms with van der Waals surface area (Å²) in [6, 6.07) is 0. The van der Waals surface area contributed by atoms with Crippen molar-refractivity contribution in [1.82, 2.24) is 0 Å². The number of ether oxygens (including phenoxy) is 3. The largest absolute Gasteiger partial charge is 0.393 e. The van der Waals surface area contributed by atoms with Gasteiger partial charge < -0.3 is 23.7 Å². The average molecular weight is 304 g/mol. The molecule has 2 rings (SSSR count). The Balaban J connectivity index is 2.22. The van der Waals surface area contributed by atoms with Crippen molar-refractivity contribution in [1.29, 1.82) is 0 Å². The summed E-state index contributed by atoms with van der Waals surface area (Å²) in [7, 11) is -2.01. The smallest absolute Gasteiger partial charge is 0.195 e. The third kappa shape index (κ3) is 2.57. The lowest BCUT2D eigenvalue weighted by Gasteiger charge is -2.41. The molecule has 2 saturated heterocycles. The van der Waals surface area contributed by atoms with Crippen molar-refractivity contribution in [3.8, 4) is 0 Å². The first kappa shape index (κ1) is 16.4. The molecule has 1 unspecified atom stereocenters. The summed E-state index contributed by atoms with van der Waals surface area (Å²) >= 11 is 0. The van der Waals surface area contributed by atoms with Crippen LogP contribution in [-0.4, -0.2) is 50.4 Å². The second kappa shape index (κ2) is 4.76. The van der Waals surface area contributed by atoms with Crippen molar-refractivity contribution in [2.24, 2.45) is 0 Å². The van der Waals surface area contributed by atoms with Gasteiger partial charge in [-0.2, -0.15) is 0 Å². The third-order valence-corrected chi connectivity index (χ3v) is 9.08. The number of hydrogen-bond donors (Lipinski definition) is 1. The molecule has 1 N–H and O–H groups in total. The van der Waals surface area contributed by atoms with E-state index in [1.807, 2.05) is 13.8 Å². The van der Waals surface area contributed by atoms with Crippen LogP contribution in [-0.2, 0) is 18.6 Å². The minimum atomic E-state index is -2.01. The molecule has 118 valence electrons. The van der Waals surface area contributed by atoms with Gasteiger partial charge in [-0.3, -0.25) is 0 Å². The summed E-state index contributed by atoms with van der Waals surface area (Å²) in [5, 5.41) is 9.95. The number of fused-ring (bicyclic) bond motifs is 1. The molecule has 0 aliphatic carbocycles. The molecule has 6 heteroatoms. The van der Waals surface area contributed by atoms with Gasteiger partial charge in [0.05, 0.1) is 13.2 Å². The maximum atomic E-state index is 9.88. The molecule has 3 atom stereocenters. The van der Waals surface area contributed by atoms with Gasteiger partial charge in [0.1, 0.15) is 6.10 Å². The second-order valence-electron chi connectivity index (χ2n) is 7.76. The Kier molecular flexibility index (Phi) is 3.90. The van der Waals surface area contributed by atoms with Crippen LogP contribution in [0.15, 0.2) is 0 Å². The standard InChI is InChI=1S/C14H28O5Si/c1-12(2,3)20(6,7)18-11-14(9-15)10(8-16-11)17-13(4,5)19-14/h10-11,15H,8-9H2,1-7H3/t10-,11?,14-/m1/s1. The molecular formula is C14H28O5Si. The third-order valence-electron chi connectivity index (χ3n) is 4.66. The Morgan fingerprint density at radius 1 is 1.30 bits per heavy atom. The van der Waals surface area contributed by atoms with Crippen molar-refractivity contribution < 1.29 is 23.7 Å². The number of rotatable bonds is 3. The molecule has 0 aromatic carbocycles. The summed E-state index contributed by atoms with van der Waals surface area (Å²) in [6.45, 7) is 14.8. The van der Waals surface area contributed by atoms with Gasteiger partial charge in [0.2, 0.25) is 0 Å². The minimum absolute atomic E-state index is 0.0695. The van der Waals surface area contributed by atoms with Crippen LogP contribution in [0.25, 0.3) is 0 Å². The highest BCUT2D eigenvalue weighted by Gasteiger charge is 2.64. The van der Waals surface area contributed by atoms with E-state index in [9.17, 15) is 5.11 Å². The molecule has 2 aliphatic rings. The highest BCUT2D eigenvalue weighted by Crippen LogP contribution is 2.47. The van der Waals surface area contributed by atoms with Gasteiger partial charge in [0.15, 0.2) is 26.0 Å². The van der Waals surface area contributed by atoms with Crippen molar-refractivity contribution in [2.45, 2.75) is 76.5 Å². The SMILES string of the molecule is CC1(C)O[C@@H]2COC(O[Si](C)(C)C(C)(C)C)[C@]2(CO)O1. The normalized spacial score (nSPS) is 37.2.